The van der Waals surface area contributed by atoms with Crippen molar-refractivity contribution < 1.29 is 0 Å². The van der Waals surface area contributed by atoms with Crippen LogP contribution in [0.1, 0.15) is 0 Å². The van der Waals surface area contributed by atoms with Crippen LogP contribution in [0.3, 0.4) is 0 Å². The summed E-state index contributed by atoms with van der Waals surface area (Å²) >= 11 is 3.82. The van der Waals surface area contributed by atoms with Gasteiger partial charge in [0.2, 0.25) is 0 Å². The number of hydrogen-bond acceptors (Lipinski definition) is 2. The van der Waals surface area contributed by atoms with Crippen LogP contribution in [0.2, 0.25) is 0 Å². The monoisotopic (exact) mass is 718 g/mol. The zero-order chi connectivity index (χ0) is 35.3. The van der Waals surface area contributed by atoms with Crippen molar-refractivity contribution in [2.75, 3.05) is 0 Å². The van der Waals surface area contributed by atoms with Crippen molar-refractivity contribution in [3.8, 4) is 33.4 Å². The molecule has 0 saturated carbocycles. The smallest absolute Gasteiger partial charge is 0.0448 e. The van der Waals surface area contributed by atoms with Crippen molar-refractivity contribution in [3.63, 3.8) is 0 Å². The molecule has 0 aliphatic rings. The number of fused-ring (bicyclic) bond motifs is 11. The number of benzene rings is 10. The van der Waals surface area contributed by atoms with Crippen molar-refractivity contribution in [1.29, 1.82) is 0 Å². The molecule has 0 amide bonds. The highest BCUT2D eigenvalue weighted by Gasteiger charge is 2.19. The van der Waals surface area contributed by atoms with Gasteiger partial charge in [-0.2, -0.15) is 0 Å². The highest BCUT2D eigenvalue weighted by atomic mass is 32.1. The van der Waals surface area contributed by atoms with Crippen LogP contribution in [0.4, 0.5) is 0 Å². The molecular weight excluding hydrogens is 689 g/mol. The predicted molar refractivity (Wildman–Crippen MR) is 239 cm³/mol. The quantitative estimate of drug-likeness (QED) is 0.160. The van der Waals surface area contributed by atoms with E-state index >= 15 is 0 Å². The number of thiophene rings is 2. The first-order valence-electron chi connectivity index (χ1n) is 18.5. The van der Waals surface area contributed by atoms with E-state index in [1.807, 2.05) is 22.7 Å². The van der Waals surface area contributed by atoms with Gasteiger partial charge in [0, 0.05) is 40.3 Å². The number of hydrogen-bond donors (Lipinski definition) is 0. The maximum atomic E-state index is 2.40. The lowest BCUT2D eigenvalue weighted by Gasteiger charge is -2.19. The Morgan fingerprint density at radius 3 is 1.61 bits per heavy atom. The molecule has 0 radical (unpaired) electrons. The topological polar surface area (TPSA) is 0 Å². The molecule has 0 saturated heterocycles. The molecule has 0 atom stereocenters. The molecule has 0 unspecified atom stereocenters. The van der Waals surface area contributed by atoms with Crippen LogP contribution >= 0.6 is 22.7 Å². The van der Waals surface area contributed by atoms with Crippen molar-refractivity contribution in [3.05, 3.63) is 182 Å². The molecule has 0 nitrogen and oxygen atoms in total. The molecule has 12 rings (SSSR count). The SMILES string of the molecule is c1ccc2c(-c3c4ccccc4c(-c4ccc5cc(-c6ccc7sc8c(ccc9sc%10ccccc%10c98)c7c6)ccc5c4)c4ccccc34)cccc2c1. The van der Waals surface area contributed by atoms with E-state index in [4.69, 9.17) is 0 Å². The van der Waals surface area contributed by atoms with E-state index in [0.29, 0.717) is 0 Å². The Kier molecular flexibility index (Phi) is 6.48. The maximum absolute atomic E-state index is 2.40. The van der Waals surface area contributed by atoms with Gasteiger partial charge in [-0.3, -0.25) is 0 Å². The average Bonchev–Trinajstić information content (AvgIpc) is 3.80. The zero-order valence-electron chi connectivity index (χ0n) is 29.1. The minimum absolute atomic E-state index is 1.24. The van der Waals surface area contributed by atoms with Gasteiger partial charge in [0.25, 0.3) is 0 Å². The summed E-state index contributed by atoms with van der Waals surface area (Å²) in [6, 6.07) is 67.8. The average molecular weight is 719 g/mol. The molecule has 0 aliphatic heterocycles. The molecule has 0 fully saturated rings. The zero-order valence-corrected chi connectivity index (χ0v) is 30.8. The lowest BCUT2D eigenvalue weighted by molar-refractivity contribution is 1.67. The number of rotatable bonds is 3. The maximum Gasteiger partial charge on any atom is 0.0448 e. The largest absolute Gasteiger partial charge is 0.135 e. The van der Waals surface area contributed by atoms with Crippen molar-refractivity contribution in [1.82, 2.24) is 0 Å². The fourth-order valence-electron chi connectivity index (χ4n) is 8.98. The lowest BCUT2D eigenvalue weighted by atomic mass is 9.84. The molecule has 2 heteroatoms. The van der Waals surface area contributed by atoms with Crippen molar-refractivity contribution >= 4 is 106 Å². The summed E-state index contributed by atoms with van der Waals surface area (Å²) in [6.07, 6.45) is 0. The van der Waals surface area contributed by atoms with Gasteiger partial charge in [-0.05, 0) is 113 Å². The molecule has 2 heterocycles. The van der Waals surface area contributed by atoms with E-state index in [-0.39, 0.29) is 0 Å². The standard InChI is InChI=1S/C52H30S2/c1-2-12-37-31(10-1)11-9-18-38(37)50-41-15-5-3-13-39(41)49(40-14-4-6-16-42(40)50)36-23-22-32-28-33(20-21-34(32)29-36)35-24-26-47-45(30-35)43-25-27-48-51(52(43)54-47)44-17-7-8-19-46(44)53-48/h1-30H. The minimum atomic E-state index is 1.24. The summed E-state index contributed by atoms with van der Waals surface area (Å²) in [7, 11) is 0. The van der Waals surface area contributed by atoms with E-state index in [9.17, 15) is 0 Å². The Morgan fingerprint density at radius 1 is 0.278 bits per heavy atom. The van der Waals surface area contributed by atoms with E-state index in [1.54, 1.807) is 0 Å². The van der Waals surface area contributed by atoms with Crippen LogP contribution in [-0.4, -0.2) is 0 Å². The third-order valence-corrected chi connectivity index (χ3v) is 13.8. The first-order chi connectivity index (χ1) is 26.8. The van der Waals surface area contributed by atoms with E-state index in [1.165, 1.54) is 117 Å². The Hall–Kier alpha value is -6.32. The van der Waals surface area contributed by atoms with Gasteiger partial charge in [-0.1, -0.05) is 146 Å². The van der Waals surface area contributed by atoms with Crippen LogP contribution in [0.5, 0.6) is 0 Å². The Bertz CT molecular complexity index is 3440. The summed E-state index contributed by atoms with van der Waals surface area (Å²) < 4.78 is 5.46. The van der Waals surface area contributed by atoms with Crippen LogP contribution in [-0.2, 0) is 0 Å². The third kappa shape index (κ3) is 4.42. The highest BCUT2D eigenvalue weighted by molar-refractivity contribution is 7.29. The molecular formula is C52H30S2. The van der Waals surface area contributed by atoms with Gasteiger partial charge >= 0.3 is 0 Å². The first-order valence-corrected chi connectivity index (χ1v) is 20.1. The fraction of sp³-hybridized carbons (Fsp3) is 0. The van der Waals surface area contributed by atoms with Gasteiger partial charge in [0.1, 0.15) is 0 Å². The molecule has 54 heavy (non-hydrogen) atoms. The van der Waals surface area contributed by atoms with E-state index in [0.717, 1.165) is 0 Å². The summed E-state index contributed by atoms with van der Waals surface area (Å²) in [6.45, 7) is 0. The Balaban J connectivity index is 1.00. The van der Waals surface area contributed by atoms with Gasteiger partial charge < -0.3 is 0 Å². The van der Waals surface area contributed by atoms with Gasteiger partial charge in [-0.15, -0.1) is 22.7 Å². The van der Waals surface area contributed by atoms with Gasteiger partial charge in [0.05, 0.1) is 0 Å². The van der Waals surface area contributed by atoms with Crippen LogP contribution in [0.25, 0.3) is 117 Å². The predicted octanol–water partition coefficient (Wildman–Crippen LogP) is 16.0. The summed E-state index contributed by atoms with van der Waals surface area (Å²) in [5.41, 5.74) is 7.61. The minimum Gasteiger partial charge on any atom is -0.135 e. The molecule has 0 N–H and O–H groups in total. The van der Waals surface area contributed by atoms with Gasteiger partial charge in [0.15, 0.2) is 0 Å². The molecule has 250 valence electrons. The van der Waals surface area contributed by atoms with E-state index < -0.39 is 0 Å². The normalized spacial score (nSPS) is 12.1. The first kappa shape index (κ1) is 30.2. The molecule has 0 aliphatic carbocycles. The van der Waals surface area contributed by atoms with Crippen LogP contribution in [0.15, 0.2) is 182 Å². The summed E-state index contributed by atoms with van der Waals surface area (Å²) in [4.78, 5) is 0. The molecule has 0 bridgehead atoms. The fourth-order valence-corrected chi connectivity index (χ4v) is 11.4. The lowest BCUT2D eigenvalue weighted by Crippen LogP contribution is -1.91. The summed E-state index contributed by atoms with van der Waals surface area (Å²) in [5, 5.41) is 15.6. The van der Waals surface area contributed by atoms with Crippen molar-refractivity contribution in [2.45, 2.75) is 0 Å². The molecule has 12 aromatic rings. The molecule has 0 spiro atoms. The highest BCUT2D eigenvalue weighted by Crippen LogP contribution is 2.47. The van der Waals surface area contributed by atoms with Crippen LogP contribution < -0.4 is 0 Å². The molecule has 2 aromatic heterocycles. The Morgan fingerprint density at radius 2 is 0.833 bits per heavy atom. The van der Waals surface area contributed by atoms with Gasteiger partial charge in [-0.25, -0.2) is 0 Å². The third-order valence-electron chi connectivity index (χ3n) is 11.4. The second-order valence-corrected chi connectivity index (χ2v) is 16.5. The molecule has 10 aromatic carbocycles. The van der Waals surface area contributed by atoms with Crippen molar-refractivity contribution in [2.24, 2.45) is 0 Å². The second-order valence-electron chi connectivity index (χ2n) is 14.4. The van der Waals surface area contributed by atoms with E-state index in [2.05, 4.69) is 182 Å². The summed E-state index contributed by atoms with van der Waals surface area (Å²) in [5.74, 6) is 0. The second kappa shape index (κ2) is 11.6. The van der Waals surface area contributed by atoms with Crippen LogP contribution in [0, 0.1) is 0 Å². The Labute approximate surface area is 319 Å².